The summed E-state index contributed by atoms with van der Waals surface area (Å²) in [6.07, 6.45) is 0.329. The Labute approximate surface area is 103 Å². The molecule has 8 heteroatoms. The zero-order valence-corrected chi connectivity index (χ0v) is 9.96. The van der Waals surface area contributed by atoms with Gasteiger partial charge in [0.15, 0.2) is 0 Å². The molecule has 1 aromatic carbocycles. The molecule has 1 aromatic rings. The van der Waals surface area contributed by atoms with E-state index in [4.69, 9.17) is 9.66 Å². The van der Waals surface area contributed by atoms with E-state index in [1.165, 1.54) is 29.3 Å². The molecule has 0 amide bonds. The molecular formula is C10H10N2O5S. The number of carbonyl (C=O) groups is 1. The van der Waals surface area contributed by atoms with Crippen LogP contribution >= 0.6 is 0 Å². The molecule has 0 atom stereocenters. The molecule has 0 spiro atoms. The minimum atomic E-state index is -4.22. The highest BCUT2D eigenvalue weighted by Gasteiger charge is 2.21. The average Bonchev–Trinajstić information content (AvgIpc) is 2.77. The molecule has 2 N–H and O–H groups in total. The van der Waals surface area contributed by atoms with Gasteiger partial charge in [-0.1, -0.05) is 0 Å². The summed E-state index contributed by atoms with van der Waals surface area (Å²) in [4.78, 5) is 10.5. The molecule has 0 saturated heterocycles. The van der Waals surface area contributed by atoms with Crippen LogP contribution < -0.4 is 5.01 Å². The Balaban J connectivity index is 2.24. The van der Waals surface area contributed by atoms with Crippen molar-refractivity contribution in [3.05, 3.63) is 24.3 Å². The van der Waals surface area contributed by atoms with Crippen LogP contribution in [0.2, 0.25) is 0 Å². The lowest BCUT2D eigenvalue weighted by Gasteiger charge is -2.13. The van der Waals surface area contributed by atoms with Crippen molar-refractivity contribution in [2.24, 2.45) is 5.10 Å². The van der Waals surface area contributed by atoms with Crippen molar-refractivity contribution >= 4 is 27.5 Å². The molecule has 18 heavy (non-hydrogen) atoms. The first-order chi connectivity index (χ1) is 8.38. The van der Waals surface area contributed by atoms with Crippen LogP contribution in [0, 0.1) is 0 Å². The van der Waals surface area contributed by atoms with Gasteiger partial charge in [0.05, 0.1) is 10.6 Å². The third kappa shape index (κ3) is 2.49. The number of aliphatic carboxylic acids is 1. The van der Waals surface area contributed by atoms with E-state index >= 15 is 0 Å². The van der Waals surface area contributed by atoms with E-state index in [-0.39, 0.29) is 10.6 Å². The van der Waals surface area contributed by atoms with Crippen molar-refractivity contribution in [1.29, 1.82) is 0 Å². The number of hydrazone groups is 1. The molecule has 7 nitrogen and oxygen atoms in total. The van der Waals surface area contributed by atoms with E-state index in [1.54, 1.807) is 0 Å². The van der Waals surface area contributed by atoms with Gasteiger partial charge in [0.2, 0.25) is 0 Å². The number of carboxylic acid groups (broad SMARTS) is 1. The predicted molar refractivity (Wildman–Crippen MR) is 63.3 cm³/mol. The quantitative estimate of drug-likeness (QED) is 0.778. The van der Waals surface area contributed by atoms with Crippen molar-refractivity contribution in [1.82, 2.24) is 0 Å². The molecular weight excluding hydrogens is 260 g/mol. The van der Waals surface area contributed by atoms with Gasteiger partial charge in [-0.3, -0.25) is 9.56 Å². The zero-order valence-electron chi connectivity index (χ0n) is 9.15. The third-order valence-electron chi connectivity index (χ3n) is 2.48. The Morgan fingerprint density at radius 2 is 1.89 bits per heavy atom. The lowest BCUT2D eigenvalue weighted by molar-refractivity contribution is -0.129. The van der Waals surface area contributed by atoms with E-state index in [1.807, 2.05) is 0 Å². The zero-order chi connectivity index (χ0) is 13.3. The van der Waals surface area contributed by atoms with Crippen molar-refractivity contribution in [2.45, 2.75) is 11.3 Å². The van der Waals surface area contributed by atoms with Crippen LogP contribution in [0.3, 0.4) is 0 Å². The highest BCUT2D eigenvalue weighted by Crippen LogP contribution is 2.21. The summed E-state index contributed by atoms with van der Waals surface area (Å²) in [5.41, 5.74) is 0.632. The maximum absolute atomic E-state index is 10.8. The molecule has 1 aliphatic rings. The number of anilines is 1. The molecule has 1 heterocycles. The second kappa shape index (κ2) is 4.39. The number of hydrogen-bond acceptors (Lipinski definition) is 5. The van der Waals surface area contributed by atoms with E-state index in [0.717, 1.165) is 0 Å². The molecule has 0 fully saturated rings. The highest BCUT2D eigenvalue weighted by atomic mass is 32.2. The summed E-state index contributed by atoms with van der Waals surface area (Å²) >= 11 is 0. The molecule has 0 aromatic heterocycles. The Morgan fingerprint density at radius 1 is 1.28 bits per heavy atom. The van der Waals surface area contributed by atoms with Crippen LogP contribution in [-0.4, -0.2) is 36.3 Å². The summed E-state index contributed by atoms with van der Waals surface area (Å²) in [6.45, 7) is 0.423. The van der Waals surface area contributed by atoms with E-state index in [2.05, 4.69) is 5.10 Å². The minimum absolute atomic E-state index is 0.0638. The molecule has 1 aliphatic heterocycles. The molecule has 2 rings (SSSR count). The average molecular weight is 270 g/mol. The fourth-order valence-corrected chi connectivity index (χ4v) is 2.06. The topological polar surface area (TPSA) is 107 Å². The van der Waals surface area contributed by atoms with Crippen LogP contribution in [0.15, 0.2) is 34.3 Å². The van der Waals surface area contributed by atoms with Gasteiger partial charge in [0, 0.05) is 13.0 Å². The SMILES string of the molecule is O=C(O)C1=NN(c2ccc(S(=O)(=O)O)cc2)CC1. The number of hydrogen-bond donors (Lipinski definition) is 2. The van der Waals surface area contributed by atoms with Gasteiger partial charge >= 0.3 is 5.97 Å². The van der Waals surface area contributed by atoms with Crippen LogP contribution in [-0.2, 0) is 14.9 Å². The Hall–Kier alpha value is -1.93. The predicted octanol–water partition coefficient (Wildman–Crippen LogP) is 0.584. The van der Waals surface area contributed by atoms with Gasteiger partial charge in [0.25, 0.3) is 10.1 Å². The second-order valence-electron chi connectivity index (χ2n) is 3.69. The lowest BCUT2D eigenvalue weighted by atomic mass is 10.3. The van der Waals surface area contributed by atoms with E-state index < -0.39 is 16.1 Å². The Kier molecular flexibility index (Phi) is 3.05. The summed E-state index contributed by atoms with van der Waals surface area (Å²) in [7, 11) is -4.22. The molecule has 0 unspecified atom stereocenters. The smallest absolute Gasteiger partial charge is 0.352 e. The van der Waals surface area contributed by atoms with Gasteiger partial charge < -0.3 is 5.11 Å². The summed E-state index contributed by atoms with van der Waals surface area (Å²) < 4.78 is 30.5. The summed E-state index contributed by atoms with van der Waals surface area (Å²) in [5.74, 6) is -1.06. The third-order valence-corrected chi connectivity index (χ3v) is 3.35. The number of nitrogens with zero attached hydrogens (tertiary/aromatic N) is 2. The number of rotatable bonds is 3. The normalized spacial score (nSPS) is 15.6. The van der Waals surface area contributed by atoms with E-state index in [9.17, 15) is 13.2 Å². The highest BCUT2D eigenvalue weighted by molar-refractivity contribution is 7.85. The summed E-state index contributed by atoms with van der Waals surface area (Å²) in [6, 6.07) is 5.38. The summed E-state index contributed by atoms with van der Waals surface area (Å²) in [5, 5.41) is 14.1. The molecule has 0 bridgehead atoms. The minimum Gasteiger partial charge on any atom is -0.477 e. The van der Waals surface area contributed by atoms with Crippen molar-refractivity contribution < 1.29 is 22.9 Å². The first-order valence-corrected chi connectivity index (χ1v) is 6.48. The maximum Gasteiger partial charge on any atom is 0.352 e. The number of benzene rings is 1. The van der Waals surface area contributed by atoms with Gasteiger partial charge in [-0.05, 0) is 24.3 Å². The Bertz CT molecular complexity index is 606. The van der Waals surface area contributed by atoms with Gasteiger partial charge in [-0.2, -0.15) is 13.5 Å². The van der Waals surface area contributed by atoms with Crippen molar-refractivity contribution in [3.63, 3.8) is 0 Å². The first-order valence-electron chi connectivity index (χ1n) is 5.04. The first kappa shape index (κ1) is 12.5. The van der Waals surface area contributed by atoms with Gasteiger partial charge in [0.1, 0.15) is 5.71 Å². The van der Waals surface area contributed by atoms with Crippen molar-refractivity contribution in [3.8, 4) is 0 Å². The molecule has 0 radical (unpaired) electrons. The van der Waals surface area contributed by atoms with Crippen LogP contribution in [0.25, 0.3) is 0 Å². The van der Waals surface area contributed by atoms with Gasteiger partial charge in [-0.25, -0.2) is 4.79 Å². The Morgan fingerprint density at radius 3 is 2.33 bits per heavy atom. The standard InChI is InChI=1S/C10H10N2O5S/c13-10(14)9-5-6-12(11-9)7-1-3-8(4-2-7)18(15,16)17/h1-4H,5-6H2,(H,13,14)(H,15,16,17). The number of carboxylic acids is 1. The molecule has 0 saturated carbocycles. The second-order valence-corrected chi connectivity index (χ2v) is 5.12. The van der Waals surface area contributed by atoms with Crippen molar-refractivity contribution in [2.75, 3.05) is 11.6 Å². The lowest BCUT2D eigenvalue weighted by Crippen LogP contribution is -2.11. The maximum atomic E-state index is 10.8. The van der Waals surface area contributed by atoms with Crippen LogP contribution in [0.5, 0.6) is 0 Å². The molecule has 0 aliphatic carbocycles. The van der Waals surface area contributed by atoms with Crippen LogP contribution in [0.4, 0.5) is 5.69 Å². The molecule has 96 valence electrons. The largest absolute Gasteiger partial charge is 0.477 e. The fourth-order valence-electron chi connectivity index (χ4n) is 1.58. The van der Waals surface area contributed by atoms with Gasteiger partial charge in [-0.15, -0.1) is 0 Å². The monoisotopic (exact) mass is 270 g/mol. The fraction of sp³-hybridized carbons (Fsp3) is 0.200. The van der Waals surface area contributed by atoms with E-state index in [0.29, 0.717) is 18.7 Å². The van der Waals surface area contributed by atoms with Crippen LogP contribution in [0.1, 0.15) is 6.42 Å².